The first kappa shape index (κ1) is 15.4. The van der Waals surface area contributed by atoms with Crippen LogP contribution in [0.1, 0.15) is 46.0 Å². The molecule has 0 aromatic carbocycles. The second kappa shape index (κ2) is 9.34. The number of nitrogens with one attached hydrogen (secondary N) is 2. The van der Waals surface area contributed by atoms with Gasteiger partial charge in [0.05, 0.1) is 6.10 Å². The fourth-order valence-corrected chi connectivity index (χ4v) is 2.23. The summed E-state index contributed by atoms with van der Waals surface area (Å²) in [5.74, 6) is 0.319. The number of hydrogen-bond acceptors (Lipinski definition) is 3. The summed E-state index contributed by atoms with van der Waals surface area (Å²) in [6, 6.07) is 0. The summed E-state index contributed by atoms with van der Waals surface area (Å²) in [6.45, 7) is 7.72. The van der Waals surface area contributed by atoms with Gasteiger partial charge < -0.3 is 15.4 Å². The van der Waals surface area contributed by atoms with Crippen molar-refractivity contribution in [2.45, 2.75) is 52.1 Å². The van der Waals surface area contributed by atoms with Crippen molar-refractivity contribution < 1.29 is 9.53 Å². The topological polar surface area (TPSA) is 50.4 Å². The Labute approximate surface area is 111 Å². The average molecular weight is 256 g/mol. The molecule has 4 nitrogen and oxygen atoms in total. The molecule has 1 rings (SSSR count). The van der Waals surface area contributed by atoms with E-state index in [1.165, 1.54) is 0 Å². The lowest BCUT2D eigenvalue weighted by molar-refractivity contribution is -0.124. The number of carbonyl (C=O) groups is 1. The Morgan fingerprint density at radius 3 is 2.83 bits per heavy atom. The first-order valence-corrected chi connectivity index (χ1v) is 7.34. The smallest absolute Gasteiger partial charge is 0.222 e. The van der Waals surface area contributed by atoms with Crippen molar-refractivity contribution in [1.29, 1.82) is 0 Å². The van der Waals surface area contributed by atoms with Gasteiger partial charge in [0.2, 0.25) is 5.91 Å². The molecule has 0 aliphatic carbocycles. The lowest BCUT2D eigenvalue weighted by atomic mass is 10.1. The molecule has 0 bridgehead atoms. The Bertz CT molecular complexity index is 228. The summed E-state index contributed by atoms with van der Waals surface area (Å²) in [5, 5.41) is 6.29. The maximum absolute atomic E-state index is 11.6. The van der Waals surface area contributed by atoms with E-state index < -0.39 is 0 Å². The Kier molecular flexibility index (Phi) is 8.01. The van der Waals surface area contributed by atoms with Gasteiger partial charge in [0.15, 0.2) is 0 Å². The average Bonchev–Trinajstić information content (AvgIpc) is 2.39. The molecule has 0 spiro atoms. The third-order valence-electron chi connectivity index (χ3n) is 3.43. The molecule has 0 radical (unpaired) electrons. The largest absolute Gasteiger partial charge is 0.378 e. The van der Waals surface area contributed by atoms with E-state index in [-0.39, 0.29) is 11.8 Å². The highest BCUT2D eigenvalue weighted by atomic mass is 16.5. The molecular formula is C14H28N2O2. The molecule has 0 aromatic heterocycles. The molecule has 1 fully saturated rings. The van der Waals surface area contributed by atoms with E-state index in [4.69, 9.17) is 4.74 Å². The summed E-state index contributed by atoms with van der Waals surface area (Å²) >= 11 is 0. The van der Waals surface area contributed by atoms with Crippen molar-refractivity contribution in [2.24, 2.45) is 5.92 Å². The number of ether oxygens (including phenoxy) is 1. The molecule has 1 unspecified atom stereocenters. The summed E-state index contributed by atoms with van der Waals surface area (Å²) < 4.78 is 5.78. The molecule has 106 valence electrons. The van der Waals surface area contributed by atoms with Crippen molar-refractivity contribution in [3.8, 4) is 0 Å². The van der Waals surface area contributed by atoms with Crippen LogP contribution in [-0.2, 0) is 9.53 Å². The van der Waals surface area contributed by atoms with Gasteiger partial charge in [-0.15, -0.1) is 0 Å². The zero-order valence-corrected chi connectivity index (χ0v) is 11.8. The minimum atomic E-state index is 0.139. The van der Waals surface area contributed by atoms with Gasteiger partial charge >= 0.3 is 0 Å². The maximum Gasteiger partial charge on any atom is 0.222 e. The van der Waals surface area contributed by atoms with E-state index in [1.807, 2.05) is 6.92 Å². The van der Waals surface area contributed by atoms with Crippen LogP contribution in [0.2, 0.25) is 0 Å². The van der Waals surface area contributed by atoms with Crippen LogP contribution in [0.4, 0.5) is 0 Å². The van der Waals surface area contributed by atoms with E-state index in [1.54, 1.807) is 0 Å². The van der Waals surface area contributed by atoms with Gasteiger partial charge in [-0.05, 0) is 38.8 Å². The Morgan fingerprint density at radius 2 is 2.17 bits per heavy atom. The Hall–Kier alpha value is -0.610. The van der Waals surface area contributed by atoms with Crippen LogP contribution >= 0.6 is 0 Å². The first-order chi connectivity index (χ1) is 8.74. The molecular weight excluding hydrogens is 228 g/mol. The van der Waals surface area contributed by atoms with Crippen molar-refractivity contribution in [1.82, 2.24) is 10.6 Å². The molecule has 1 aliphatic rings. The Morgan fingerprint density at radius 1 is 1.44 bits per heavy atom. The predicted molar refractivity (Wildman–Crippen MR) is 73.5 cm³/mol. The zero-order valence-electron chi connectivity index (χ0n) is 11.8. The highest BCUT2D eigenvalue weighted by Gasteiger charge is 2.13. The number of rotatable bonds is 8. The standard InChI is InChI=1S/C14H28N2O2/c1-3-5-12(2)14(17)16-8-4-11-18-13-6-9-15-10-7-13/h12-13,15H,3-11H2,1-2H3,(H,16,17). The molecule has 18 heavy (non-hydrogen) atoms. The van der Waals surface area contributed by atoms with Gasteiger partial charge in [-0.3, -0.25) is 4.79 Å². The monoisotopic (exact) mass is 256 g/mol. The molecule has 1 heterocycles. The molecule has 4 heteroatoms. The molecule has 1 amide bonds. The van der Waals surface area contributed by atoms with Crippen LogP contribution in [0, 0.1) is 5.92 Å². The summed E-state index contributed by atoms with van der Waals surface area (Å²) in [4.78, 5) is 11.6. The third-order valence-corrected chi connectivity index (χ3v) is 3.43. The van der Waals surface area contributed by atoms with E-state index in [0.29, 0.717) is 6.10 Å². The van der Waals surface area contributed by atoms with Crippen LogP contribution in [0.5, 0.6) is 0 Å². The SMILES string of the molecule is CCCC(C)C(=O)NCCCOC1CCNCC1. The second-order valence-electron chi connectivity index (χ2n) is 5.15. The highest BCUT2D eigenvalue weighted by Crippen LogP contribution is 2.07. The van der Waals surface area contributed by atoms with Gasteiger partial charge in [0, 0.05) is 19.1 Å². The normalized spacial score (nSPS) is 18.6. The fraction of sp³-hybridized carbons (Fsp3) is 0.929. The molecule has 0 aromatic rings. The quantitative estimate of drug-likeness (QED) is 0.650. The lowest BCUT2D eigenvalue weighted by Gasteiger charge is -2.23. The molecule has 2 N–H and O–H groups in total. The molecule has 0 saturated carbocycles. The van der Waals surface area contributed by atoms with Crippen LogP contribution in [-0.4, -0.2) is 38.3 Å². The van der Waals surface area contributed by atoms with Crippen LogP contribution in [0.3, 0.4) is 0 Å². The molecule has 1 atom stereocenters. The van der Waals surface area contributed by atoms with Crippen LogP contribution < -0.4 is 10.6 Å². The minimum absolute atomic E-state index is 0.139. The van der Waals surface area contributed by atoms with Crippen molar-refractivity contribution in [3.63, 3.8) is 0 Å². The number of carbonyl (C=O) groups excluding carboxylic acids is 1. The lowest BCUT2D eigenvalue weighted by Crippen LogP contribution is -2.33. The maximum atomic E-state index is 11.6. The van der Waals surface area contributed by atoms with E-state index >= 15 is 0 Å². The van der Waals surface area contributed by atoms with Crippen molar-refractivity contribution >= 4 is 5.91 Å². The van der Waals surface area contributed by atoms with Gasteiger partial charge in [-0.25, -0.2) is 0 Å². The Balaban J connectivity index is 1.95. The molecule has 1 aliphatic heterocycles. The van der Waals surface area contributed by atoms with E-state index in [0.717, 1.165) is 58.3 Å². The number of piperidine rings is 1. The van der Waals surface area contributed by atoms with Gasteiger partial charge in [0.25, 0.3) is 0 Å². The fourth-order valence-electron chi connectivity index (χ4n) is 2.23. The van der Waals surface area contributed by atoms with Crippen LogP contribution in [0.25, 0.3) is 0 Å². The number of amides is 1. The summed E-state index contributed by atoms with van der Waals surface area (Å²) in [6.07, 6.45) is 5.58. The van der Waals surface area contributed by atoms with Crippen molar-refractivity contribution in [2.75, 3.05) is 26.2 Å². The van der Waals surface area contributed by atoms with Gasteiger partial charge in [-0.2, -0.15) is 0 Å². The predicted octanol–water partition coefficient (Wildman–Crippen LogP) is 1.70. The third kappa shape index (κ3) is 6.36. The van der Waals surface area contributed by atoms with Crippen molar-refractivity contribution in [3.05, 3.63) is 0 Å². The second-order valence-corrected chi connectivity index (χ2v) is 5.15. The number of hydrogen-bond donors (Lipinski definition) is 2. The van der Waals surface area contributed by atoms with Gasteiger partial charge in [-0.1, -0.05) is 20.3 Å². The van der Waals surface area contributed by atoms with Crippen LogP contribution in [0.15, 0.2) is 0 Å². The summed E-state index contributed by atoms with van der Waals surface area (Å²) in [5.41, 5.74) is 0. The minimum Gasteiger partial charge on any atom is -0.378 e. The highest BCUT2D eigenvalue weighted by molar-refractivity contribution is 5.78. The first-order valence-electron chi connectivity index (χ1n) is 7.34. The summed E-state index contributed by atoms with van der Waals surface area (Å²) in [7, 11) is 0. The van der Waals surface area contributed by atoms with Gasteiger partial charge in [0.1, 0.15) is 0 Å². The van der Waals surface area contributed by atoms with E-state index in [9.17, 15) is 4.79 Å². The molecule has 1 saturated heterocycles. The zero-order chi connectivity index (χ0) is 13.2. The van der Waals surface area contributed by atoms with E-state index in [2.05, 4.69) is 17.6 Å².